The zero-order valence-corrected chi connectivity index (χ0v) is 30.3. The molecule has 0 unspecified atom stereocenters. The monoisotopic (exact) mass is 690 g/mol. The molecule has 1 saturated carbocycles. The van der Waals surface area contributed by atoms with Crippen LogP contribution in [0.15, 0.2) is 30.3 Å². The van der Waals surface area contributed by atoms with Crippen LogP contribution in [0.4, 0.5) is 4.79 Å². The molecule has 3 aliphatic rings. The van der Waals surface area contributed by atoms with Gasteiger partial charge in [0.25, 0.3) is 0 Å². The summed E-state index contributed by atoms with van der Waals surface area (Å²) in [4.78, 5) is 58.6. The standard InChI is InChI=1S/C35H54N4O6S2/c1-26(40)44-20-19-38(29-15-17-37(18-16-29)21-27-11-7-5-8-12-27)33(42)30(23-46-22-28-13-9-6-10-14-28)36-32(41)31-24-47-25-39(31)34(43)45-35(2,3)4/h5,7-8,11-12,28-31H,6,9-10,13-25H2,1-4H3,(H,36,41)/t30-,31-/m0/s1. The minimum absolute atomic E-state index is 0.0341. The van der Waals surface area contributed by atoms with Gasteiger partial charge >= 0.3 is 12.1 Å². The highest BCUT2D eigenvalue weighted by molar-refractivity contribution is 7.99. The molecular weight excluding hydrogens is 637 g/mol. The van der Waals surface area contributed by atoms with Gasteiger partial charge in [-0.1, -0.05) is 49.6 Å². The van der Waals surface area contributed by atoms with Crippen molar-refractivity contribution in [3.8, 4) is 0 Å². The average molecular weight is 691 g/mol. The van der Waals surface area contributed by atoms with E-state index in [-0.39, 0.29) is 37.0 Å². The summed E-state index contributed by atoms with van der Waals surface area (Å²) in [5.41, 5.74) is 0.579. The van der Waals surface area contributed by atoms with Crippen molar-refractivity contribution < 1.29 is 28.7 Å². The van der Waals surface area contributed by atoms with Crippen molar-refractivity contribution in [1.82, 2.24) is 20.0 Å². The van der Waals surface area contributed by atoms with Crippen molar-refractivity contribution >= 4 is 47.4 Å². The number of piperidine rings is 1. The van der Waals surface area contributed by atoms with E-state index in [0.29, 0.717) is 23.3 Å². The second kappa shape index (κ2) is 18.4. The summed E-state index contributed by atoms with van der Waals surface area (Å²) in [7, 11) is 0. The zero-order valence-electron chi connectivity index (χ0n) is 28.6. The summed E-state index contributed by atoms with van der Waals surface area (Å²) in [6, 6.07) is 8.87. The molecule has 12 heteroatoms. The van der Waals surface area contributed by atoms with Crippen molar-refractivity contribution in [3.63, 3.8) is 0 Å². The lowest BCUT2D eigenvalue weighted by Gasteiger charge is -2.40. The van der Waals surface area contributed by atoms with Gasteiger partial charge < -0.3 is 19.7 Å². The number of ether oxygens (including phenoxy) is 2. The molecule has 1 N–H and O–H groups in total. The molecule has 0 radical (unpaired) electrons. The molecule has 47 heavy (non-hydrogen) atoms. The van der Waals surface area contributed by atoms with Gasteiger partial charge in [-0.2, -0.15) is 11.8 Å². The predicted octanol–water partition coefficient (Wildman–Crippen LogP) is 5.15. The molecule has 1 aliphatic carbocycles. The Balaban J connectivity index is 1.47. The Morgan fingerprint density at radius 3 is 2.40 bits per heavy atom. The Kier molecular flexibility index (Phi) is 14.6. The molecule has 262 valence electrons. The normalized spacial score (nSPS) is 20.4. The van der Waals surface area contributed by atoms with Gasteiger partial charge in [-0.15, -0.1) is 11.8 Å². The van der Waals surface area contributed by atoms with Crippen LogP contribution in [0.5, 0.6) is 0 Å². The van der Waals surface area contributed by atoms with E-state index in [1.807, 2.05) is 11.0 Å². The van der Waals surface area contributed by atoms with Crippen molar-refractivity contribution in [2.24, 2.45) is 5.92 Å². The maximum absolute atomic E-state index is 14.5. The van der Waals surface area contributed by atoms with Gasteiger partial charge in [0, 0.05) is 44.1 Å². The second-order valence-electron chi connectivity index (χ2n) is 13.9. The van der Waals surface area contributed by atoms with Crippen LogP contribution in [-0.4, -0.2) is 112 Å². The van der Waals surface area contributed by atoms with Crippen molar-refractivity contribution in [2.45, 2.75) is 103 Å². The fourth-order valence-corrected chi connectivity index (χ4v) is 8.91. The van der Waals surface area contributed by atoms with Crippen molar-refractivity contribution in [2.75, 3.05) is 49.4 Å². The topological polar surface area (TPSA) is 108 Å². The van der Waals surface area contributed by atoms with E-state index in [1.54, 1.807) is 32.5 Å². The van der Waals surface area contributed by atoms with Gasteiger partial charge in [0.05, 0.1) is 12.4 Å². The Morgan fingerprint density at radius 2 is 1.74 bits per heavy atom. The van der Waals surface area contributed by atoms with Gasteiger partial charge in [0.15, 0.2) is 0 Å². The molecule has 0 aromatic heterocycles. The smallest absolute Gasteiger partial charge is 0.411 e. The molecule has 2 saturated heterocycles. The van der Waals surface area contributed by atoms with E-state index >= 15 is 0 Å². The van der Waals surface area contributed by atoms with E-state index in [0.717, 1.165) is 38.2 Å². The van der Waals surface area contributed by atoms with Gasteiger partial charge in [-0.3, -0.25) is 24.2 Å². The first-order chi connectivity index (χ1) is 22.5. The summed E-state index contributed by atoms with van der Waals surface area (Å²) in [5.74, 6) is 1.95. The van der Waals surface area contributed by atoms with E-state index in [4.69, 9.17) is 9.47 Å². The molecule has 1 aromatic carbocycles. The summed E-state index contributed by atoms with van der Waals surface area (Å²) >= 11 is 3.22. The van der Waals surface area contributed by atoms with Crippen LogP contribution in [0.3, 0.4) is 0 Å². The van der Waals surface area contributed by atoms with Crippen molar-refractivity contribution in [3.05, 3.63) is 35.9 Å². The summed E-state index contributed by atoms with van der Waals surface area (Å²) in [5, 5.41) is 3.07. The molecule has 3 fully saturated rings. The van der Waals surface area contributed by atoms with E-state index < -0.39 is 23.8 Å². The Hall–Kier alpha value is -2.44. The number of nitrogens with one attached hydrogen (secondary N) is 1. The first kappa shape index (κ1) is 37.4. The molecule has 1 aromatic rings. The number of nitrogens with zero attached hydrogens (tertiary/aromatic N) is 3. The minimum Gasteiger partial charge on any atom is -0.464 e. The third-order valence-electron chi connectivity index (χ3n) is 8.96. The number of likely N-dealkylation sites (tertiary alicyclic amines) is 1. The Labute approximate surface area is 289 Å². The Morgan fingerprint density at radius 1 is 1.04 bits per heavy atom. The zero-order chi connectivity index (χ0) is 33.8. The van der Waals surface area contributed by atoms with Crippen LogP contribution < -0.4 is 5.32 Å². The molecule has 2 atom stereocenters. The molecule has 10 nitrogen and oxygen atoms in total. The third-order valence-corrected chi connectivity index (χ3v) is 11.2. The fraction of sp³-hybridized carbons (Fsp3) is 0.714. The number of esters is 1. The van der Waals surface area contributed by atoms with Crippen LogP contribution in [-0.2, 0) is 30.4 Å². The molecular formula is C35H54N4O6S2. The third kappa shape index (κ3) is 12.2. The number of carbonyl (C=O) groups excluding carboxylic acids is 4. The molecule has 2 heterocycles. The second-order valence-corrected chi connectivity index (χ2v) is 16.0. The van der Waals surface area contributed by atoms with Crippen LogP contribution >= 0.6 is 23.5 Å². The molecule has 3 amide bonds. The SMILES string of the molecule is CC(=O)OCCN(C(=O)[C@H](CSCC1CCCCC1)NC(=O)[C@@H]1CSCN1C(=O)OC(C)(C)C)C1CCN(Cc2ccccc2)CC1. The summed E-state index contributed by atoms with van der Waals surface area (Å²) in [6.45, 7) is 9.70. The largest absolute Gasteiger partial charge is 0.464 e. The number of thioether (sulfide) groups is 2. The quantitative estimate of drug-likeness (QED) is 0.281. The Bertz CT molecular complexity index is 1170. The number of benzene rings is 1. The summed E-state index contributed by atoms with van der Waals surface area (Å²) in [6.07, 6.45) is 7.25. The highest BCUT2D eigenvalue weighted by Crippen LogP contribution is 2.28. The number of rotatable bonds is 13. The predicted molar refractivity (Wildman–Crippen MR) is 188 cm³/mol. The van der Waals surface area contributed by atoms with E-state index in [2.05, 4.69) is 34.5 Å². The van der Waals surface area contributed by atoms with Crippen LogP contribution in [0.1, 0.15) is 78.2 Å². The first-order valence-electron chi connectivity index (χ1n) is 17.2. The molecule has 2 aliphatic heterocycles. The first-order valence-corrected chi connectivity index (χ1v) is 19.5. The van der Waals surface area contributed by atoms with Gasteiger partial charge in [-0.05, 0) is 63.7 Å². The molecule has 0 bridgehead atoms. The van der Waals surface area contributed by atoms with E-state index in [1.165, 1.54) is 61.3 Å². The number of carbonyl (C=O) groups is 4. The summed E-state index contributed by atoms with van der Waals surface area (Å²) < 4.78 is 10.9. The molecule has 0 spiro atoms. The average Bonchev–Trinajstić information content (AvgIpc) is 3.54. The van der Waals surface area contributed by atoms with Gasteiger partial charge in [0.1, 0.15) is 24.3 Å². The highest BCUT2D eigenvalue weighted by atomic mass is 32.2. The number of hydrogen-bond acceptors (Lipinski definition) is 9. The maximum Gasteiger partial charge on any atom is 0.411 e. The number of hydrogen-bond donors (Lipinski definition) is 1. The van der Waals surface area contributed by atoms with Crippen molar-refractivity contribution in [1.29, 1.82) is 0 Å². The van der Waals surface area contributed by atoms with Crippen LogP contribution in [0.25, 0.3) is 0 Å². The van der Waals surface area contributed by atoms with Crippen LogP contribution in [0.2, 0.25) is 0 Å². The minimum atomic E-state index is -0.762. The number of amides is 3. The van der Waals surface area contributed by atoms with Gasteiger partial charge in [0.2, 0.25) is 11.8 Å². The highest BCUT2D eigenvalue weighted by Gasteiger charge is 2.40. The lowest BCUT2D eigenvalue weighted by atomic mass is 9.91. The maximum atomic E-state index is 14.5. The van der Waals surface area contributed by atoms with Gasteiger partial charge in [-0.25, -0.2) is 4.79 Å². The van der Waals surface area contributed by atoms with E-state index in [9.17, 15) is 19.2 Å². The fourth-order valence-electron chi connectivity index (χ4n) is 6.50. The lowest BCUT2D eigenvalue weighted by molar-refractivity contribution is -0.146. The lowest BCUT2D eigenvalue weighted by Crippen LogP contribution is -2.58. The van der Waals surface area contributed by atoms with Crippen LogP contribution in [0, 0.1) is 5.92 Å². The molecule has 4 rings (SSSR count).